The third-order valence-electron chi connectivity index (χ3n) is 4.91. The molecule has 1 aromatic heterocycles. The Bertz CT molecular complexity index is 1320. The van der Waals surface area contributed by atoms with E-state index in [0.29, 0.717) is 17.0 Å². The fraction of sp³-hybridized carbons (Fsp3) is 0. The van der Waals surface area contributed by atoms with Crippen molar-refractivity contribution in [3.63, 3.8) is 0 Å². The highest BCUT2D eigenvalue weighted by Crippen LogP contribution is 2.28. The lowest BCUT2D eigenvalue weighted by Crippen LogP contribution is -2.35. The zero-order valence-electron chi connectivity index (χ0n) is 15.6. The minimum absolute atomic E-state index is 0.149. The van der Waals surface area contributed by atoms with Gasteiger partial charge in [0.25, 0.3) is 23.6 Å². The summed E-state index contributed by atoms with van der Waals surface area (Å²) < 4.78 is 18.8. The van der Waals surface area contributed by atoms with E-state index in [2.05, 4.69) is 10.7 Å². The molecule has 4 amide bonds. The average molecular weight is 417 g/mol. The zero-order chi connectivity index (χ0) is 21.7. The number of benzene rings is 2. The molecule has 152 valence electrons. The van der Waals surface area contributed by atoms with Crippen LogP contribution in [0.2, 0.25) is 0 Å². The molecule has 1 fully saturated rings. The fourth-order valence-electron chi connectivity index (χ4n) is 3.38. The molecule has 0 unspecified atom stereocenters. The van der Waals surface area contributed by atoms with E-state index in [9.17, 15) is 23.6 Å². The molecule has 0 aliphatic carbocycles. The molecule has 3 heterocycles. The minimum atomic E-state index is -0.625. The van der Waals surface area contributed by atoms with Gasteiger partial charge < -0.3 is 4.42 Å². The Hall–Kier alpha value is -4.53. The summed E-state index contributed by atoms with van der Waals surface area (Å²) in [4.78, 5) is 48.4. The van der Waals surface area contributed by atoms with Crippen molar-refractivity contribution in [3.8, 4) is 11.3 Å². The Kier molecular flexibility index (Phi) is 4.04. The molecule has 3 aromatic rings. The number of furan rings is 1. The van der Waals surface area contributed by atoms with E-state index >= 15 is 0 Å². The molecule has 2 N–H and O–H groups in total. The Morgan fingerprint density at radius 1 is 0.839 bits per heavy atom. The second kappa shape index (κ2) is 6.77. The van der Waals surface area contributed by atoms with E-state index < -0.39 is 29.4 Å². The lowest BCUT2D eigenvalue weighted by Gasteiger charge is -2.14. The van der Waals surface area contributed by atoms with Crippen LogP contribution in [-0.2, 0) is 9.59 Å². The van der Waals surface area contributed by atoms with Crippen LogP contribution in [-0.4, -0.2) is 23.6 Å². The summed E-state index contributed by atoms with van der Waals surface area (Å²) in [6.07, 6.45) is 1.30. The Balaban J connectivity index is 1.43. The van der Waals surface area contributed by atoms with Gasteiger partial charge in [0.05, 0.1) is 16.8 Å². The van der Waals surface area contributed by atoms with Crippen molar-refractivity contribution in [1.82, 2.24) is 10.7 Å². The number of imide groups is 1. The summed E-state index contributed by atoms with van der Waals surface area (Å²) in [6, 6.07) is 13.0. The van der Waals surface area contributed by atoms with Crippen LogP contribution in [0.4, 0.5) is 10.1 Å². The third kappa shape index (κ3) is 3.08. The van der Waals surface area contributed by atoms with Crippen LogP contribution in [0.15, 0.2) is 64.6 Å². The summed E-state index contributed by atoms with van der Waals surface area (Å²) in [5, 5.41) is 3.24. The van der Waals surface area contributed by atoms with Crippen LogP contribution < -0.4 is 15.8 Å². The van der Waals surface area contributed by atoms with E-state index in [1.165, 1.54) is 42.5 Å². The predicted octanol–water partition coefficient (Wildman–Crippen LogP) is 2.43. The molecule has 9 heteroatoms. The van der Waals surface area contributed by atoms with Crippen molar-refractivity contribution >= 4 is 35.4 Å². The van der Waals surface area contributed by atoms with E-state index in [4.69, 9.17) is 4.42 Å². The van der Waals surface area contributed by atoms with Gasteiger partial charge in [0, 0.05) is 5.56 Å². The highest BCUT2D eigenvalue weighted by Gasteiger charge is 2.35. The maximum atomic E-state index is 13.1. The SMILES string of the molecule is O=C1NN(c2ccc(F)cc2)C(=O)/C1=C\c1ccc(-c2ccc3c(c2)C(=O)NC3=O)o1. The molecule has 5 rings (SSSR count). The van der Waals surface area contributed by atoms with Crippen LogP contribution >= 0.6 is 0 Å². The summed E-state index contributed by atoms with van der Waals surface area (Å²) in [5.41, 5.74) is 3.68. The molecule has 0 spiro atoms. The number of amides is 4. The highest BCUT2D eigenvalue weighted by atomic mass is 19.1. The van der Waals surface area contributed by atoms with Crippen LogP contribution in [0.3, 0.4) is 0 Å². The first-order valence-corrected chi connectivity index (χ1v) is 9.13. The second-order valence-corrected chi connectivity index (χ2v) is 6.86. The van der Waals surface area contributed by atoms with Gasteiger partial charge in [-0.3, -0.25) is 29.9 Å². The first-order valence-electron chi connectivity index (χ1n) is 9.13. The van der Waals surface area contributed by atoms with Crippen molar-refractivity contribution in [1.29, 1.82) is 0 Å². The summed E-state index contributed by atoms with van der Waals surface area (Å²) >= 11 is 0. The number of carbonyl (C=O) groups excluding carboxylic acids is 4. The van der Waals surface area contributed by atoms with Gasteiger partial charge in [-0.2, -0.15) is 0 Å². The van der Waals surface area contributed by atoms with Gasteiger partial charge in [-0.1, -0.05) is 6.07 Å². The number of carbonyl (C=O) groups is 4. The van der Waals surface area contributed by atoms with E-state index in [0.717, 1.165) is 5.01 Å². The monoisotopic (exact) mass is 417 g/mol. The second-order valence-electron chi connectivity index (χ2n) is 6.86. The Morgan fingerprint density at radius 3 is 2.35 bits per heavy atom. The number of hydrazine groups is 1. The maximum Gasteiger partial charge on any atom is 0.282 e. The Labute approximate surface area is 173 Å². The summed E-state index contributed by atoms with van der Waals surface area (Å²) in [5.74, 6) is -1.99. The minimum Gasteiger partial charge on any atom is -0.457 e. The lowest BCUT2D eigenvalue weighted by molar-refractivity contribution is -0.117. The van der Waals surface area contributed by atoms with Crippen LogP contribution in [0.5, 0.6) is 0 Å². The number of rotatable bonds is 3. The van der Waals surface area contributed by atoms with Gasteiger partial charge in [0.1, 0.15) is 22.9 Å². The van der Waals surface area contributed by atoms with Crippen LogP contribution in [0.25, 0.3) is 17.4 Å². The molecular weight excluding hydrogens is 405 g/mol. The standard InChI is InChI=1S/C22H12FN3O5/c23-12-2-4-13(5-3-12)26-22(30)17(21(29)25-26)10-14-6-8-18(31-14)11-1-7-15-16(9-11)20(28)24-19(15)27/h1-10H,(H,25,29)(H,24,27,28)/b17-10-. The normalized spacial score (nSPS) is 16.7. The van der Waals surface area contributed by atoms with Crippen molar-refractivity contribution < 1.29 is 28.0 Å². The maximum absolute atomic E-state index is 13.1. The molecule has 2 aromatic carbocycles. The lowest BCUT2D eigenvalue weighted by atomic mass is 10.0. The number of hydrogen-bond acceptors (Lipinski definition) is 5. The van der Waals surface area contributed by atoms with E-state index in [-0.39, 0.29) is 22.5 Å². The van der Waals surface area contributed by atoms with Gasteiger partial charge >= 0.3 is 0 Å². The molecule has 1 saturated heterocycles. The molecule has 2 aliphatic rings. The molecule has 0 saturated carbocycles. The molecule has 0 bridgehead atoms. The number of anilines is 1. The van der Waals surface area contributed by atoms with Gasteiger partial charge in [-0.15, -0.1) is 0 Å². The topological polar surface area (TPSA) is 109 Å². The van der Waals surface area contributed by atoms with Crippen molar-refractivity contribution in [2.45, 2.75) is 0 Å². The van der Waals surface area contributed by atoms with Crippen LogP contribution in [0.1, 0.15) is 26.5 Å². The fourth-order valence-corrected chi connectivity index (χ4v) is 3.38. The molecule has 31 heavy (non-hydrogen) atoms. The van der Waals surface area contributed by atoms with Crippen molar-refractivity contribution in [3.05, 3.63) is 82.9 Å². The molecule has 2 aliphatic heterocycles. The van der Waals surface area contributed by atoms with Crippen molar-refractivity contribution in [2.24, 2.45) is 0 Å². The molecule has 0 atom stereocenters. The highest BCUT2D eigenvalue weighted by molar-refractivity contribution is 6.31. The van der Waals surface area contributed by atoms with Gasteiger partial charge in [-0.05, 0) is 54.6 Å². The first-order chi connectivity index (χ1) is 14.9. The Morgan fingerprint density at radius 2 is 1.58 bits per heavy atom. The van der Waals surface area contributed by atoms with Gasteiger partial charge in [-0.25, -0.2) is 9.40 Å². The number of nitrogens with zero attached hydrogens (tertiary/aromatic N) is 1. The average Bonchev–Trinajstić information content (AvgIpc) is 3.42. The van der Waals surface area contributed by atoms with Gasteiger partial charge in [0.15, 0.2) is 0 Å². The first kappa shape index (κ1) is 18.5. The van der Waals surface area contributed by atoms with Crippen molar-refractivity contribution in [2.75, 3.05) is 5.01 Å². The van der Waals surface area contributed by atoms with E-state index in [1.807, 2.05) is 0 Å². The quantitative estimate of drug-likeness (QED) is 0.387. The smallest absolute Gasteiger partial charge is 0.282 e. The summed E-state index contributed by atoms with van der Waals surface area (Å²) in [6.45, 7) is 0. The molecule has 0 radical (unpaired) electrons. The largest absolute Gasteiger partial charge is 0.457 e. The number of fused-ring (bicyclic) bond motifs is 1. The molecule has 8 nitrogen and oxygen atoms in total. The number of hydrogen-bond donors (Lipinski definition) is 2. The number of nitrogens with one attached hydrogen (secondary N) is 2. The number of halogens is 1. The zero-order valence-corrected chi connectivity index (χ0v) is 15.6. The molecular formula is C22H12FN3O5. The van der Waals surface area contributed by atoms with Gasteiger partial charge in [0.2, 0.25) is 0 Å². The van der Waals surface area contributed by atoms with E-state index in [1.54, 1.807) is 18.2 Å². The summed E-state index contributed by atoms with van der Waals surface area (Å²) in [7, 11) is 0. The third-order valence-corrected chi connectivity index (χ3v) is 4.91. The van der Waals surface area contributed by atoms with Crippen LogP contribution in [0, 0.1) is 5.82 Å². The predicted molar refractivity (Wildman–Crippen MR) is 106 cm³/mol.